The molecule has 16 heavy (non-hydrogen) atoms. The minimum atomic E-state index is -0.0716. The first kappa shape index (κ1) is 11.2. The van der Waals surface area contributed by atoms with Crippen LogP contribution in [0.15, 0.2) is 23.0 Å². The van der Waals surface area contributed by atoms with E-state index in [4.69, 9.17) is 17.3 Å². The first-order valence-corrected chi connectivity index (χ1v) is 5.52. The summed E-state index contributed by atoms with van der Waals surface area (Å²) in [5, 5.41) is 1.64. The van der Waals surface area contributed by atoms with Gasteiger partial charge in [-0.1, -0.05) is 17.7 Å². The molecule has 4 heteroatoms. The molecule has 0 aliphatic rings. The number of nitrogens with two attached hydrogens (primary N) is 1. The predicted molar refractivity (Wildman–Crippen MR) is 67.1 cm³/mol. The zero-order valence-corrected chi connectivity index (χ0v) is 9.77. The molecular weight excluding hydrogens is 224 g/mol. The van der Waals surface area contributed by atoms with Gasteiger partial charge in [-0.05, 0) is 37.6 Å². The second-order valence-electron chi connectivity index (χ2n) is 3.79. The fraction of sp³-hybridized carbons (Fsp3) is 0.250. The molecule has 0 amide bonds. The van der Waals surface area contributed by atoms with E-state index in [1.807, 2.05) is 19.1 Å². The first-order valence-electron chi connectivity index (χ1n) is 5.14. The molecule has 0 aliphatic heterocycles. The maximum Gasteiger partial charge on any atom is 0.251 e. The second-order valence-corrected chi connectivity index (χ2v) is 4.22. The van der Waals surface area contributed by atoms with Crippen molar-refractivity contribution in [2.75, 3.05) is 6.54 Å². The van der Waals surface area contributed by atoms with Gasteiger partial charge in [0.05, 0.1) is 5.52 Å². The third-order valence-corrected chi connectivity index (χ3v) is 2.99. The lowest BCUT2D eigenvalue weighted by atomic mass is 10.0. The molecule has 0 spiro atoms. The highest BCUT2D eigenvalue weighted by Crippen LogP contribution is 2.21. The lowest BCUT2D eigenvalue weighted by Gasteiger charge is -2.07. The first-order chi connectivity index (χ1) is 7.63. The molecule has 1 aromatic heterocycles. The number of benzene rings is 1. The molecule has 0 bridgehead atoms. The molecule has 0 atom stereocenters. The molecule has 0 saturated carbocycles. The number of nitrogens with one attached hydrogen (secondary N) is 1. The smallest absolute Gasteiger partial charge is 0.251 e. The number of aromatic nitrogens is 1. The Morgan fingerprint density at radius 3 is 2.88 bits per heavy atom. The number of aromatic amines is 1. The van der Waals surface area contributed by atoms with Crippen LogP contribution in [0.5, 0.6) is 0 Å². The summed E-state index contributed by atoms with van der Waals surface area (Å²) in [5.41, 5.74) is 7.94. The van der Waals surface area contributed by atoms with Crippen LogP contribution in [0.4, 0.5) is 0 Å². The summed E-state index contributed by atoms with van der Waals surface area (Å²) >= 11 is 5.88. The van der Waals surface area contributed by atoms with E-state index in [2.05, 4.69) is 4.98 Å². The fourth-order valence-corrected chi connectivity index (χ4v) is 2.09. The fourth-order valence-electron chi connectivity index (χ4n) is 1.92. The van der Waals surface area contributed by atoms with Gasteiger partial charge in [0, 0.05) is 16.0 Å². The van der Waals surface area contributed by atoms with E-state index in [-0.39, 0.29) is 5.56 Å². The normalized spacial score (nSPS) is 10.9. The molecule has 3 nitrogen and oxygen atoms in total. The lowest BCUT2D eigenvalue weighted by Crippen LogP contribution is -2.18. The summed E-state index contributed by atoms with van der Waals surface area (Å²) in [6.07, 6.45) is 0.597. The Hall–Kier alpha value is -1.32. The summed E-state index contributed by atoms with van der Waals surface area (Å²) in [6.45, 7) is 2.42. The third kappa shape index (κ3) is 1.84. The molecule has 0 radical (unpaired) electrons. The average Bonchev–Trinajstić information content (AvgIpc) is 2.23. The minimum Gasteiger partial charge on any atom is -0.330 e. The van der Waals surface area contributed by atoms with Crippen molar-refractivity contribution in [1.82, 2.24) is 4.98 Å². The van der Waals surface area contributed by atoms with Crippen LogP contribution in [0, 0.1) is 6.92 Å². The van der Waals surface area contributed by atoms with Crippen LogP contribution in [-0.2, 0) is 6.42 Å². The summed E-state index contributed by atoms with van der Waals surface area (Å²) in [7, 11) is 0. The lowest BCUT2D eigenvalue weighted by molar-refractivity contribution is 0.938. The highest BCUT2D eigenvalue weighted by molar-refractivity contribution is 6.31. The SMILES string of the molecule is Cc1c(CCN)c(=O)[nH]c2cc(Cl)ccc12. The van der Waals surface area contributed by atoms with Crippen LogP contribution in [0.1, 0.15) is 11.1 Å². The van der Waals surface area contributed by atoms with Crippen LogP contribution in [0.25, 0.3) is 10.9 Å². The van der Waals surface area contributed by atoms with Gasteiger partial charge in [0.25, 0.3) is 5.56 Å². The molecule has 1 aromatic carbocycles. The minimum absolute atomic E-state index is 0.0716. The molecule has 1 heterocycles. The predicted octanol–water partition coefficient (Wildman–Crippen LogP) is 1.99. The number of fused-ring (bicyclic) bond motifs is 1. The summed E-state index contributed by atoms with van der Waals surface area (Å²) in [6, 6.07) is 5.50. The highest BCUT2D eigenvalue weighted by Gasteiger charge is 2.08. The average molecular weight is 237 g/mol. The molecule has 84 valence electrons. The van der Waals surface area contributed by atoms with Crippen molar-refractivity contribution in [3.05, 3.63) is 44.7 Å². The highest BCUT2D eigenvalue weighted by atomic mass is 35.5. The molecule has 0 unspecified atom stereocenters. The Kier molecular flexibility index (Phi) is 2.99. The van der Waals surface area contributed by atoms with Crippen molar-refractivity contribution in [3.8, 4) is 0 Å². The van der Waals surface area contributed by atoms with Gasteiger partial charge in [0.2, 0.25) is 0 Å². The Balaban J connectivity index is 2.78. The van der Waals surface area contributed by atoms with Crippen LogP contribution in [-0.4, -0.2) is 11.5 Å². The largest absolute Gasteiger partial charge is 0.330 e. The van der Waals surface area contributed by atoms with Crippen molar-refractivity contribution in [1.29, 1.82) is 0 Å². The van der Waals surface area contributed by atoms with E-state index in [0.717, 1.165) is 22.0 Å². The second kappa shape index (κ2) is 4.28. The quantitative estimate of drug-likeness (QED) is 0.838. The van der Waals surface area contributed by atoms with Gasteiger partial charge in [-0.3, -0.25) is 4.79 Å². The van der Waals surface area contributed by atoms with E-state index in [1.54, 1.807) is 6.07 Å². The number of H-pyrrole nitrogens is 1. The maximum atomic E-state index is 11.8. The van der Waals surface area contributed by atoms with Crippen LogP contribution < -0.4 is 11.3 Å². The Labute approximate surface area is 98.2 Å². The van der Waals surface area contributed by atoms with Gasteiger partial charge < -0.3 is 10.7 Å². The van der Waals surface area contributed by atoms with E-state index in [9.17, 15) is 4.79 Å². The van der Waals surface area contributed by atoms with Gasteiger partial charge in [-0.25, -0.2) is 0 Å². The zero-order valence-electron chi connectivity index (χ0n) is 9.01. The van der Waals surface area contributed by atoms with Gasteiger partial charge in [-0.2, -0.15) is 0 Å². The Bertz CT molecular complexity index is 589. The van der Waals surface area contributed by atoms with Gasteiger partial charge in [0.1, 0.15) is 0 Å². The van der Waals surface area contributed by atoms with Crippen LogP contribution >= 0.6 is 11.6 Å². The third-order valence-electron chi connectivity index (χ3n) is 2.75. The van der Waals surface area contributed by atoms with E-state index >= 15 is 0 Å². The topological polar surface area (TPSA) is 58.9 Å². The number of pyridine rings is 1. The Morgan fingerprint density at radius 1 is 1.44 bits per heavy atom. The van der Waals surface area contributed by atoms with E-state index < -0.39 is 0 Å². The number of rotatable bonds is 2. The van der Waals surface area contributed by atoms with Crippen molar-refractivity contribution in [3.63, 3.8) is 0 Å². The number of hydrogen-bond donors (Lipinski definition) is 2. The molecule has 0 saturated heterocycles. The number of hydrogen-bond acceptors (Lipinski definition) is 2. The summed E-state index contributed by atoms with van der Waals surface area (Å²) in [5.74, 6) is 0. The maximum absolute atomic E-state index is 11.8. The molecule has 0 fully saturated rings. The van der Waals surface area contributed by atoms with Crippen molar-refractivity contribution >= 4 is 22.5 Å². The molecule has 0 aliphatic carbocycles. The standard InChI is InChI=1S/C12H13ClN2O/c1-7-9-3-2-8(13)6-11(9)15-12(16)10(7)4-5-14/h2-3,6H,4-5,14H2,1H3,(H,15,16). The van der Waals surface area contributed by atoms with Crippen LogP contribution in [0.2, 0.25) is 5.02 Å². The van der Waals surface area contributed by atoms with Crippen molar-refractivity contribution in [2.24, 2.45) is 5.73 Å². The van der Waals surface area contributed by atoms with Gasteiger partial charge in [0.15, 0.2) is 0 Å². The number of aryl methyl sites for hydroxylation is 1. The van der Waals surface area contributed by atoms with E-state index in [1.165, 1.54) is 0 Å². The molecular formula is C12H13ClN2O. The molecule has 3 N–H and O–H groups in total. The van der Waals surface area contributed by atoms with Crippen molar-refractivity contribution < 1.29 is 0 Å². The van der Waals surface area contributed by atoms with Crippen LogP contribution in [0.3, 0.4) is 0 Å². The molecule has 2 rings (SSSR count). The zero-order chi connectivity index (χ0) is 11.7. The Morgan fingerprint density at radius 2 is 2.19 bits per heavy atom. The van der Waals surface area contributed by atoms with Gasteiger partial charge in [-0.15, -0.1) is 0 Å². The van der Waals surface area contributed by atoms with Crippen molar-refractivity contribution in [2.45, 2.75) is 13.3 Å². The monoisotopic (exact) mass is 236 g/mol. The van der Waals surface area contributed by atoms with E-state index in [0.29, 0.717) is 18.0 Å². The summed E-state index contributed by atoms with van der Waals surface area (Å²) in [4.78, 5) is 14.6. The number of halogens is 1. The molecule has 2 aromatic rings. The summed E-state index contributed by atoms with van der Waals surface area (Å²) < 4.78 is 0. The van der Waals surface area contributed by atoms with Gasteiger partial charge >= 0.3 is 0 Å².